The number of allylic oxidation sites excluding steroid dienone is 2. The standard InChI is InChI=1S/C29H21N4O4/c1-31-16-12-19(13-17-31)29(37)33-23-9-5-3-7-21(23)27(35)25(33)24-26(34)20-6-2-4-8-22(20)32(24)28(36)18-10-14-30-15-11-18/h2-17,28,36H,1H3/q+1/b25-24+. The van der Waals surface area contributed by atoms with Gasteiger partial charge >= 0.3 is 0 Å². The summed E-state index contributed by atoms with van der Waals surface area (Å²) in [6.45, 7) is 0. The Morgan fingerprint density at radius 1 is 0.811 bits per heavy atom. The average molecular weight is 490 g/mol. The molecule has 4 aromatic rings. The summed E-state index contributed by atoms with van der Waals surface area (Å²) in [4.78, 5) is 48.3. The van der Waals surface area contributed by atoms with Crippen LogP contribution in [-0.2, 0) is 7.05 Å². The number of para-hydroxylation sites is 2. The monoisotopic (exact) mass is 489 g/mol. The number of carbonyl (C=O) groups excluding carboxylic acids is 3. The maximum Gasteiger partial charge on any atom is 0.263 e. The SMILES string of the molecule is C[n+]1ccc(C(=O)N2/C(=C3\C(=O)c4ccccc4N3C(O)c3ccncc3)C(=O)c3ccccc32)cc1. The summed E-state index contributed by atoms with van der Waals surface area (Å²) in [5.74, 6) is -1.37. The Morgan fingerprint density at radius 2 is 1.38 bits per heavy atom. The molecule has 0 saturated carbocycles. The van der Waals surface area contributed by atoms with Crippen LogP contribution in [0.3, 0.4) is 0 Å². The van der Waals surface area contributed by atoms with E-state index in [2.05, 4.69) is 4.98 Å². The number of hydrogen-bond donors (Lipinski definition) is 1. The predicted molar refractivity (Wildman–Crippen MR) is 135 cm³/mol. The van der Waals surface area contributed by atoms with Crippen LogP contribution in [-0.4, -0.2) is 27.6 Å². The third-order valence-electron chi connectivity index (χ3n) is 6.59. The molecule has 2 aromatic heterocycles. The van der Waals surface area contributed by atoms with Crippen molar-refractivity contribution in [3.63, 3.8) is 0 Å². The molecule has 0 bridgehead atoms. The topological polar surface area (TPSA) is 94.7 Å². The highest BCUT2D eigenvalue weighted by molar-refractivity contribution is 6.32. The fourth-order valence-electron chi connectivity index (χ4n) is 4.80. The third-order valence-corrected chi connectivity index (χ3v) is 6.59. The molecule has 2 aromatic carbocycles. The van der Waals surface area contributed by atoms with Gasteiger partial charge in [0, 0.05) is 41.2 Å². The van der Waals surface area contributed by atoms with E-state index in [4.69, 9.17) is 0 Å². The Labute approximate surface area is 212 Å². The van der Waals surface area contributed by atoms with Gasteiger partial charge in [-0.2, -0.15) is 0 Å². The van der Waals surface area contributed by atoms with Gasteiger partial charge in [0.1, 0.15) is 18.4 Å². The molecule has 2 aliphatic rings. The number of anilines is 2. The van der Waals surface area contributed by atoms with Crippen LogP contribution in [0, 0.1) is 0 Å². The van der Waals surface area contributed by atoms with Gasteiger partial charge in [0.2, 0.25) is 11.6 Å². The Balaban J connectivity index is 1.61. The number of carbonyl (C=O) groups is 3. The van der Waals surface area contributed by atoms with Crippen LogP contribution in [0.15, 0.2) is 109 Å². The number of aliphatic hydroxyl groups is 1. The molecule has 6 rings (SSSR count). The molecule has 2 aliphatic heterocycles. The molecule has 1 unspecified atom stereocenters. The minimum atomic E-state index is -1.30. The Hall–Kier alpha value is -4.95. The van der Waals surface area contributed by atoms with Crippen molar-refractivity contribution in [2.24, 2.45) is 7.05 Å². The number of aryl methyl sites for hydroxylation is 1. The van der Waals surface area contributed by atoms with E-state index >= 15 is 0 Å². The van der Waals surface area contributed by atoms with Crippen LogP contribution < -0.4 is 14.4 Å². The van der Waals surface area contributed by atoms with Crippen molar-refractivity contribution in [1.29, 1.82) is 0 Å². The minimum Gasteiger partial charge on any atom is -0.369 e. The first-order valence-corrected chi connectivity index (χ1v) is 11.7. The average Bonchev–Trinajstić information content (AvgIpc) is 3.39. The van der Waals surface area contributed by atoms with E-state index in [1.807, 2.05) is 7.05 Å². The van der Waals surface area contributed by atoms with Gasteiger partial charge in [-0.3, -0.25) is 24.3 Å². The molecule has 37 heavy (non-hydrogen) atoms. The molecule has 1 N–H and O–H groups in total. The second-order valence-corrected chi connectivity index (χ2v) is 8.81. The van der Waals surface area contributed by atoms with Gasteiger partial charge in [-0.25, -0.2) is 4.57 Å². The number of nitrogens with zero attached hydrogens (tertiary/aromatic N) is 4. The van der Waals surface area contributed by atoms with Crippen molar-refractivity contribution in [3.8, 4) is 0 Å². The summed E-state index contributed by atoms with van der Waals surface area (Å²) < 4.78 is 1.79. The lowest BCUT2D eigenvalue weighted by Crippen LogP contribution is -2.36. The second kappa shape index (κ2) is 8.61. The van der Waals surface area contributed by atoms with Crippen molar-refractivity contribution < 1.29 is 24.1 Å². The van der Waals surface area contributed by atoms with Gasteiger partial charge in [0.25, 0.3) is 5.91 Å². The zero-order valence-electron chi connectivity index (χ0n) is 19.8. The van der Waals surface area contributed by atoms with E-state index in [0.717, 1.165) is 0 Å². The van der Waals surface area contributed by atoms with Crippen LogP contribution in [0.1, 0.15) is 42.9 Å². The first kappa shape index (κ1) is 22.5. The van der Waals surface area contributed by atoms with E-state index in [1.165, 1.54) is 22.2 Å². The molecule has 0 fully saturated rings. The van der Waals surface area contributed by atoms with Crippen molar-refractivity contribution in [2.75, 3.05) is 9.80 Å². The van der Waals surface area contributed by atoms with Gasteiger partial charge in [-0.15, -0.1) is 0 Å². The fourth-order valence-corrected chi connectivity index (χ4v) is 4.80. The maximum atomic E-state index is 13.9. The Morgan fingerprint density at radius 3 is 2.05 bits per heavy atom. The van der Waals surface area contributed by atoms with Crippen LogP contribution >= 0.6 is 0 Å². The first-order valence-electron chi connectivity index (χ1n) is 11.7. The molecular weight excluding hydrogens is 468 g/mol. The van der Waals surface area contributed by atoms with Gasteiger partial charge in [0.15, 0.2) is 18.6 Å². The molecule has 1 atom stereocenters. The van der Waals surface area contributed by atoms with E-state index in [0.29, 0.717) is 33.6 Å². The summed E-state index contributed by atoms with van der Waals surface area (Å²) in [6.07, 6.45) is 5.25. The van der Waals surface area contributed by atoms with Gasteiger partial charge in [-0.05, 0) is 36.4 Å². The molecule has 180 valence electrons. The summed E-state index contributed by atoms with van der Waals surface area (Å²) in [6, 6.07) is 20.2. The van der Waals surface area contributed by atoms with Crippen molar-refractivity contribution in [2.45, 2.75) is 6.23 Å². The predicted octanol–water partition coefficient (Wildman–Crippen LogP) is 3.35. The lowest BCUT2D eigenvalue weighted by atomic mass is 10.1. The Bertz CT molecular complexity index is 1610. The highest BCUT2D eigenvalue weighted by Crippen LogP contribution is 2.45. The van der Waals surface area contributed by atoms with Crippen molar-refractivity contribution in [3.05, 3.63) is 131 Å². The van der Waals surface area contributed by atoms with Gasteiger partial charge in [0.05, 0.1) is 16.9 Å². The lowest BCUT2D eigenvalue weighted by Gasteiger charge is -2.29. The molecule has 0 aliphatic carbocycles. The van der Waals surface area contributed by atoms with E-state index < -0.39 is 23.7 Å². The molecule has 1 amide bonds. The molecule has 8 nitrogen and oxygen atoms in total. The normalized spacial score (nSPS) is 17.1. The van der Waals surface area contributed by atoms with Crippen molar-refractivity contribution >= 4 is 28.8 Å². The zero-order valence-corrected chi connectivity index (χ0v) is 19.8. The molecule has 0 radical (unpaired) electrons. The number of pyridine rings is 2. The molecular formula is C29H21N4O4+. The van der Waals surface area contributed by atoms with Gasteiger partial charge < -0.3 is 10.0 Å². The highest BCUT2D eigenvalue weighted by atomic mass is 16.3. The van der Waals surface area contributed by atoms with Crippen LogP contribution in [0.2, 0.25) is 0 Å². The molecule has 0 spiro atoms. The summed E-state index contributed by atoms with van der Waals surface area (Å²) in [7, 11) is 1.84. The van der Waals surface area contributed by atoms with E-state index in [1.54, 1.807) is 89.8 Å². The number of rotatable bonds is 3. The highest BCUT2D eigenvalue weighted by Gasteiger charge is 2.46. The maximum absolute atomic E-state index is 13.9. The minimum absolute atomic E-state index is 0.0541. The number of amides is 1. The number of fused-ring (bicyclic) bond motifs is 2. The quantitative estimate of drug-likeness (QED) is 0.350. The van der Waals surface area contributed by atoms with Crippen LogP contribution in [0.5, 0.6) is 0 Å². The number of benzene rings is 2. The fraction of sp³-hybridized carbons (Fsp3) is 0.0690. The Kier molecular flexibility index (Phi) is 5.24. The van der Waals surface area contributed by atoms with Crippen LogP contribution in [0.25, 0.3) is 0 Å². The molecule has 4 heterocycles. The molecule has 8 heteroatoms. The zero-order chi connectivity index (χ0) is 25.7. The number of aliphatic hydroxyl groups excluding tert-OH is 1. The third kappa shape index (κ3) is 3.46. The van der Waals surface area contributed by atoms with E-state index in [-0.39, 0.29) is 11.4 Å². The summed E-state index contributed by atoms with van der Waals surface area (Å²) >= 11 is 0. The number of ketones is 2. The second-order valence-electron chi connectivity index (χ2n) is 8.81. The number of aromatic nitrogens is 2. The largest absolute Gasteiger partial charge is 0.369 e. The van der Waals surface area contributed by atoms with Crippen LogP contribution in [0.4, 0.5) is 11.4 Å². The number of hydrogen-bond acceptors (Lipinski definition) is 6. The van der Waals surface area contributed by atoms with E-state index in [9.17, 15) is 19.5 Å². The smallest absolute Gasteiger partial charge is 0.263 e. The first-order chi connectivity index (χ1) is 18.0. The van der Waals surface area contributed by atoms with Gasteiger partial charge in [-0.1, -0.05) is 24.3 Å². The number of Topliss-reactive ketones (excluding diaryl/α,β-unsaturated/α-hetero) is 2. The lowest BCUT2D eigenvalue weighted by molar-refractivity contribution is -0.671. The van der Waals surface area contributed by atoms with Crippen molar-refractivity contribution in [1.82, 2.24) is 4.98 Å². The molecule has 0 saturated heterocycles. The summed E-state index contributed by atoms with van der Waals surface area (Å²) in [5.41, 5.74) is 2.16. The summed E-state index contributed by atoms with van der Waals surface area (Å²) in [5, 5.41) is 11.5.